The van der Waals surface area contributed by atoms with Gasteiger partial charge in [0.2, 0.25) is 0 Å². The molecule has 0 atom stereocenters. The van der Waals surface area contributed by atoms with Gasteiger partial charge in [0.1, 0.15) is 0 Å². The molecule has 0 saturated heterocycles. The van der Waals surface area contributed by atoms with Gasteiger partial charge >= 0.3 is 0 Å². The predicted octanol–water partition coefficient (Wildman–Crippen LogP) is 11.7. The molecule has 50 heavy (non-hydrogen) atoms. The molecule has 0 fully saturated rings. The van der Waals surface area contributed by atoms with Crippen molar-refractivity contribution in [3.05, 3.63) is 212 Å². The lowest BCUT2D eigenvalue weighted by molar-refractivity contribution is 0.926. The first-order chi connectivity index (χ1) is 24.6. The van der Waals surface area contributed by atoms with Crippen molar-refractivity contribution in [2.24, 2.45) is 0 Å². The summed E-state index contributed by atoms with van der Waals surface area (Å²) in [4.78, 5) is 0. The highest BCUT2D eigenvalue weighted by Crippen LogP contribution is 2.17. The van der Waals surface area contributed by atoms with Crippen LogP contribution in [0.15, 0.2) is 146 Å². The lowest BCUT2D eigenvalue weighted by Crippen LogP contribution is -1.96. The molecule has 0 radical (unpaired) electrons. The molecule has 0 N–H and O–H groups in total. The lowest BCUT2D eigenvalue weighted by atomic mass is 9.97. The van der Waals surface area contributed by atoms with E-state index in [1.54, 1.807) is 0 Å². The molecule has 0 heterocycles. The number of hydrogen-bond acceptors (Lipinski definition) is 0. The Bertz CT molecular complexity index is 1700. The maximum atomic E-state index is 2.33. The van der Waals surface area contributed by atoms with Gasteiger partial charge in [0.15, 0.2) is 0 Å². The van der Waals surface area contributed by atoms with Crippen LogP contribution < -0.4 is 0 Å². The highest BCUT2D eigenvalue weighted by molar-refractivity contribution is 5.31. The summed E-state index contributed by atoms with van der Waals surface area (Å²) in [5.41, 5.74) is 17.1. The van der Waals surface area contributed by atoms with Crippen molar-refractivity contribution in [1.82, 2.24) is 0 Å². The maximum Gasteiger partial charge on any atom is -0.0238 e. The summed E-state index contributed by atoms with van der Waals surface area (Å²) in [6, 6.07) is 55.4. The van der Waals surface area contributed by atoms with E-state index in [4.69, 9.17) is 0 Å². The summed E-state index contributed by atoms with van der Waals surface area (Å²) >= 11 is 0. The average Bonchev–Trinajstić information content (AvgIpc) is 3.19. The summed E-state index contributed by atoms with van der Waals surface area (Å²) in [5, 5.41) is 0. The molecule has 6 aromatic carbocycles. The molecule has 0 bridgehead atoms. The van der Waals surface area contributed by atoms with E-state index in [1.165, 1.54) is 66.8 Å². The first-order valence-corrected chi connectivity index (χ1v) is 19.1. The van der Waals surface area contributed by atoms with Gasteiger partial charge in [-0.2, -0.15) is 0 Å². The summed E-state index contributed by atoms with van der Waals surface area (Å²) in [5.74, 6) is 0. The van der Waals surface area contributed by atoms with Gasteiger partial charge in [-0.3, -0.25) is 0 Å². The van der Waals surface area contributed by atoms with E-state index in [0.717, 1.165) is 77.0 Å². The highest BCUT2D eigenvalue weighted by atomic mass is 14.1. The van der Waals surface area contributed by atoms with Gasteiger partial charge in [-0.05, 0) is 144 Å². The van der Waals surface area contributed by atoms with E-state index < -0.39 is 0 Å². The molecule has 0 aliphatic heterocycles. The number of rotatable bonds is 17. The Morgan fingerprint density at radius 2 is 0.280 bits per heavy atom. The molecule has 0 spiro atoms. The van der Waals surface area contributed by atoms with Crippen LogP contribution in [0.1, 0.15) is 80.6 Å². The van der Waals surface area contributed by atoms with E-state index in [2.05, 4.69) is 159 Å². The Labute approximate surface area is 302 Å². The zero-order valence-corrected chi connectivity index (χ0v) is 30.3. The molecule has 0 unspecified atom stereocenters. The van der Waals surface area contributed by atoms with Crippen LogP contribution in [-0.2, 0) is 77.0 Å². The molecule has 0 aromatic heterocycles. The van der Waals surface area contributed by atoms with E-state index in [-0.39, 0.29) is 0 Å². The Balaban J connectivity index is 0.877. The van der Waals surface area contributed by atoms with Crippen LogP contribution in [0.2, 0.25) is 0 Å². The molecule has 6 rings (SSSR count). The first-order valence-electron chi connectivity index (χ1n) is 19.1. The van der Waals surface area contributed by atoms with Crippen molar-refractivity contribution < 1.29 is 0 Å². The third kappa shape index (κ3) is 10.9. The molecular weight excluding hydrogens is 601 g/mol. The summed E-state index contributed by atoms with van der Waals surface area (Å²) in [6.45, 7) is 4.42. The minimum atomic E-state index is 1.08. The van der Waals surface area contributed by atoms with Crippen molar-refractivity contribution in [2.45, 2.75) is 90.9 Å². The largest absolute Gasteiger partial charge is 0.0613 e. The van der Waals surface area contributed by atoms with Crippen LogP contribution in [0.25, 0.3) is 0 Å². The topological polar surface area (TPSA) is 0 Å². The monoisotopic (exact) mass is 654 g/mol. The summed E-state index contributed by atoms with van der Waals surface area (Å²) in [7, 11) is 0. The van der Waals surface area contributed by atoms with Gasteiger partial charge in [0.25, 0.3) is 0 Å². The van der Waals surface area contributed by atoms with Gasteiger partial charge in [-0.1, -0.05) is 159 Å². The fraction of sp³-hybridized carbons (Fsp3) is 0.280. The third-order valence-electron chi connectivity index (χ3n) is 10.5. The van der Waals surface area contributed by atoms with Gasteiger partial charge in [-0.25, -0.2) is 0 Å². The summed E-state index contributed by atoms with van der Waals surface area (Å²) in [6.07, 6.45) is 13.1. The van der Waals surface area contributed by atoms with Gasteiger partial charge < -0.3 is 0 Å². The highest BCUT2D eigenvalue weighted by Gasteiger charge is 2.03. The van der Waals surface area contributed by atoms with E-state index in [9.17, 15) is 0 Å². The zero-order valence-electron chi connectivity index (χ0n) is 30.3. The Hall–Kier alpha value is -4.68. The van der Waals surface area contributed by atoms with Crippen LogP contribution in [0, 0.1) is 0 Å². The predicted molar refractivity (Wildman–Crippen MR) is 214 cm³/mol. The molecule has 6 aromatic rings. The van der Waals surface area contributed by atoms with E-state index in [0.29, 0.717) is 0 Å². The number of aryl methyl sites for hydroxylation is 12. The number of benzene rings is 6. The van der Waals surface area contributed by atoms with Crippen LogP contribution >= 0.6 is 0 Å². The van der Waals surface area contributed by atoms with E-state index >= 15 is 0 Å². The van der Waals surface area contributed by atoms with Gasteiger partial charge in [0, 0.05) is 0 Å². The maximum absolute atomic E-state index is 2.33. The molecule has 0 saturated carbocycles. The Morgan fingerprint density at radius 3 is 0.380 bits per heavy atom. The Morgan fingerprint density at radius 1 is 0.180 bits per heavy atom. The van der Waals surface area contributed by atoms with Crippen molar-refractivity contribution in [2.75, 3.05) is 0 Å². The fourth-order valence-electron chi connectivity index (χ4n) is 6.82. The van der Waals surface area contributed by atoms with Crippen molar-refractivity contribution in [3.63, 3.8) is 0 Å². The van der Waals surface area contributed by atoms with Crippen molar-refractivity contribution in [1.29, 1.82) is 0 Å². The van der Waals surface area contributed by atoms with Crippen LogP contribution in [0.3, 0.4) is 0 Å². The second kappa shape index (κ2) is 18.4. The van der Waals surface area contributed by atoms with Crippen molar-refractivity contribution >= 4 is 0 Å². The summed E-state index contributed by atoms with van der Waals surface area (Å²) < 4.78 is 0. The van der Waals surface area contributed by atoms with Gasteiger partial charge in [-0.15, -0.1) is 0 Å². The smallest absolute Gasteiger partial charge is 0.0238 e. The molecule has 0 amide bonds. The Kier molecular flexibility index (Phi) is 12.9. The molecular formula is C50H54. The minimum absolute atomic E-state index is 1.08. The van der Waals surface area contributed by atoms with E-state index in [1.807, 2.05) is 0 Å². The van der Waals surface area contributed by atoms with Crippen LogP contribution in [0.4, 0.5) is 0 Å². The zero-order chi connectivity index (χ0) is 34.4. The van der Waals surface area contributed by atoms with Crippen molar-refractivity contribution in [3.8, 4) is 0 Å². The normalized spacial score (nSPS) is 11.2. The quantitative estimate of drug-likeness (QED) is 0.0918. The van der Waals surface area contributed by atoms with Crippen LogP contribution in [0.5, 0.6) is 0 Å². The molecule has 0 aliphatic carbocycles. The van der Waals surface area contributed by atoms with Crippen LogP contribution in [-0.4, -0.2) is 0 Å². The SMILES string of the molecule is CCc1ccc(CCc2ccc(CCc3ccc(CCc4ccc(CCc5ccc(CCc6ccc(CC)cc6)cc5)cc4)cc3)cc2)cc1. The first kappa shape index (κ1) is 35.2. The lowest BCUT2D eigenvalue weighted by Gasteiger charge is -2.08. The fourth-order valence-corrected chi connectivity index (χ4v) is 6.82. The number of hydrogen-bond donors (Lipinski definition) is 0. The average molecular weight is 655 g/mol. The second-order valence-electron chi connectivity index (χ2n) is 14.1. The van der Waals surface area contributed by atoms with Gasteiger partial charge in [0.05, 0.1) is 0 Å². The third-order valence-corrected chi connectivity index (χ3v) is 10.5. The molecule has 0 heteroatoms. The minimum Gasteiger partial charge on any atom is -0.0613 e. The molecule has 0 nitrogen and oxygen atoms in total. The standard InChI is InChI=1S/C50H54/c1-3-39-5-9-41(10-6-39)13-15-43-17-21-45(22-18-43)25-27-47-29-33-49(34-30-47)37-38-50-35-31-48(32-36-50)28-26-46-23-19-44(20-24-46)16-14-42-11-7-40(4-2)8-12-42/h5-12,17-24,29-36H,3-4,13-16,25-28,37-38H2,1-2H3. The molecule has 254 valence electrons. The second-order valence-corrected chi connectivity index (χ2v) is 14.1. The molecule has 0 aliphatic rings.